The largest absolute Gasteiger partial charge is 0.498 e. The number of alkyl halides is 3. The van der Waals surface area contributed by atoms with Crippen LogP contribution >= 0.6 is 0 Å². The molecule has 0 bridgehead atoms. The lowest BCUT2D eigenvalue weighted by molar-refractivity contribution is -0.246. The van der Waals surface area contributed by atoms with E-state index in [4.69, 9.17) is 5.73 Å². The smallest absolute Gasteiger partial charge is 0.401 e. The molecule has 1 aromatic carbocycles. The fourth-order valence-electron chi connectivity index (χ4n) is 3.28. The Hall–Kier alpha value is -2.26. The van der Waals surface area contributed by atoms with Crippen molar-refractivity contribution in [3.05, 3.63) is 65.5 Å². The van der Waals surface area contributed by atoms with Crippen LogP contribution in [-0.4, -0.2) is 37.3 Å². The first-order valence-corrected chi connectivity index (χ1v) is 9.69. The molecule has 0 saturated carbocycles. The second kappa shape index (κ2) is 6.17. The van der Waals surface area contributed by atoms with Crippen LogP contribution in [0.4, 0.5) is 13.2 Å². The Kier molecular flexibility index (Phi) is 4.40. The molecular formula is C17H18F3N3O2S. The molecule has 1 heterocycles. The SMILES string of the molecule is CS(=O)(=O)C1(C2=CCNN2C(F)(F)F)C=CC(c2ccccc2)=C(N)C1. The number of nitrogens with zero attached hydrogens (tertiary/aromatic N) is 1. The Bertz CT molecular complexity index is 905. The molecule has 0 spiro atoms. The van der Waals surface area contributed by atoms with Gasteiger partial charge in [-0.15, -0.1) is 13.2 Å². The normalized spacial score (nSPS) is 24.2. The highest BCUT2D eigenvalue weighted by Gasteiger charge is 2.53. The first kappa shape index (κ1) is 18.5. The summed E-state index contributed by atoms with van der Waals surface area (Å²) in [6.07, 6.45) is -0.0637. The van der Waals surface area contributed by atoms with Gasteiger partial charge in [0.2, 0.25) is 0 Å². The zero-order chi connectivity index (χ0) is 19.2. The van der Waals surface area contributed by atoms with E-state index in [9.17, 15) is 21.6 Å². The summed E-state index contributed by atoms with van der Waals surface area (Å²) in [5, 5.41) is -0.0425. The molecule has 140 valence electrons. The summed E-state index contributed by atoms with van der Waals surface area (Å²) in [5.74, 6) is 0. The number of rotatable bonds is 3. The Morgan fingerprint density at radius 2 is 1.88 bits per heavy atom. The number of hydrazine groups is 1. The lowest BCUT2D eigenvalue weighted by Crippen LogP contribution is -2.52. The molecule has 1 atom stereocenters. The zero-order valence-corrected chi connectivity index (χ0v) is 14.7. The summed E-state index contributed by atoms with van der Waals surface area (Å²) in [7, 11) is -3.95. The minimum atomic E-state index is -4.76. The third-order valence-electron chi connectivity index (χ3n) is 4.54. The first-order valence-electron chi connectivity index (χ1n) is 7.80. The Labute approximate surface area is 149 Å². The van der Waals surface area contributed by atoms with Crippen LogP contribution in [0.25, 0.3) is 5.57 Å². The van der Waals surface area contributed by atoms with E-state index in [0.29, 0.717) is 5.57 Å². The van der Waals surface area contributed by atoms with Gasteiger partial charge in [-0.25, -0.2) is 18.9 Å². The maximum absolute atomic E-state index is 13.3. The van der Waals surface area contributed by atoms with E-state index in [1.807, 2.05) is 6.07 Å². The predicted octanol–water partition coefficient (Wildman–Crippen LogP) is 2.32. The van der Waals surface area contributed by atoms with Crippen LogP contribution in [0.15, 0.2) is 60.0 Å². The van der Waals surface area contributed by atoms with Crippen molar-refractivity contribution in [2.24, 2.45) is 5.73 Å². The van der Waals surface area contributed by atoms with Crippen LogP contribution in [0.1, 0.15) is 12.0 Å². The van der Waals surface area contributed by atoms with Crippen LogP contribution in [0.5, 0.6) is 0 Å². The minimum absolute atomic E-state index is 0.0425. The molecule has 5 nitrogen and oxygen atoms in total. The maximum atomic E-state index is 13.3. The van der Waals surface area contributed by atoms with Crippen molar-refractivity contribution in [2.75, 3.05) is 12.8 Å². The summed E-state index contributed by atoms with van der Waals surface area (Å²) in [5.41, 5.74) is 9.51. The summed E-state index contributed by atoms with van der Waals surface area (Å²) < 4.78 is 63.2. The highest BCUT2D eigenvalue weighted by atomic mass is 32.2. The third kappa shape index (κ3) is 3.01. The van der Waals surface area contributed by atoms with E-state index in [1.54, 1.807) is 24.3 Å². The van der Waals surface area contributed by atoms with Gasteiger partial charge in [0.05, 0.1) is 5.70 Å². The van der Waals surface area contributed by atoms with Gasteiger partial charge in [-0.1, -0.05) is 42.5 Å². The van der Waals surface area contributed by atoms with Crippen molar-refractivity contribution in [1.82, 2.24) is 10.4 Å². The van der Waals surface area contributed by atoms with Crippen LogP contribution in [-0.2, 0) is 9.84 Å². The molecule has 1 aromatic rings. The molecule has 26 heavy (non-hydrogen) atoms. The number of sulfone groups is 1. The number of halogens is 3. The molecule has 0 radical (unpaired) electrons. The van der Waals surface area contributed by atoms with Crippen molar-refractivity contribution < 1.29 is 21.6 Å². The lowest BCUT2D eigenvalue weighted by Gasteiger charge is -2.38. The van der Waals surface area contributed by atoms with E-state index in [0.717, 1.165) is 11.8 Å². The second-order valence-electron chi connectivity index (χ2n) is 6.23. The molecule has 0 amide bonds. The molecule has 1 unspecified atom stereocenters. The summed E-state index contributed by atoms with van der Waals surface area (Å²) in [4.78, 5) is 0. The van der Waals surface area contributed by atoms with Crippen molar-refractivity contribution in [3.63, 3.8) is 0 Å². The van der Waals surface area contributed by atoms with Crippen molar-refractivity contribution in [3.8, 4) is 0 Å². The number of nitrogens with two attached hydrogens (primary N) is 1. The molecule has 0 saturated heterocycles. The average molecular weight is 385 g/mol. The number of hydrogen-bond acceptors (Lipinski definition) is 5. The summed E-state index contributed by atoms with van der Waals surface area (Å²) >= 11 is 0. The van der Waals surface area contributed by atoms with Gasteiger partial charge >= 0.3 is 6.30 Å². The quantitative estimate of drug-likeness (QED) is 0.781. The summed E-state index contributed by atoms with van der Waals surface area (Å²) in [6.45, 7) is -0.116. The topological polar surface area (TPSA) is 75.4 Å². The van der Waals surface area contributed by atoms with E-state index in [1.165, 1.54) is 18.2 Å². The molecule has 1 aliphatic heterocycles. The zero-order valence-electron chi connectivity index (χ0n) is 13.9. The number of allylic oxidation sites excluding steroid dienone is 3. The van der Waals surface area contributed by atoms with Crippen LogP contribution in [0.2, 0.25) is 0 Å². The maximum Gasteiger partial charge on any atom is 0.498 e. The molecule has 0 aromatic heterocycles. The van der Waals surface area contributed by atoms with Gasteiger partial charge in [0.25, 0.3) is 0 Å². The molecule has 2 aliphatic rings. The molecular weight excluding hydrogens is 367 g/mol. The van der Waals surface area contributed by atoms with Gasteiger partial charge in [0.1, 0.15) is 4.75 Å². The van der Waals surface area contributed by atoms with Gasteiger partial charge in [-0.3, -0.25) is 0 Å². The Morgan fingerprint density at radius 1 is 1.23 bits per heavy atom. The molecule has 3 N–H and O–H groups in total. The monoisotopic (exact) mass is 385 g/mol. The Balaban J connectivity index is 2.09. The van der Waals surface area contributed by atoms with Crippen LogP contribution in [0, 0.1) is 0 Å². The standard InChI is InChI=1S/C17H18F3N3O2S/c1-26(24,25)16(15-8-10-22-23(15)17(18,19)20)9-7-13(14(21)11-16)12-5-3-2-4-6-12/h2-9,22H,10-11,21H2,1H3. The highest BCUT2D eigenvalue weighted by molar-refractivity contribution is 7.92. The number of benzene rings is 1. The van der Waals surface area contributed by atoms with Gasteiger partial charge < -0.3 is 5.73 Å². The highest BCUT2D eigenvalue weighted by Crippen LogP contribution is 2.44. The number of hydrogen-bond donors (Lipinski definition) is 2. The fraction of sp³-hybridized carbons (Fsp3) is 0.294. The molecule has 3 rings (SSSR count). The van der Waals surface area contributed by atoms with Gasteiger partial charge in [-0.2, -0.15) is 0 Å². The van der Waals surface area contributed by atoms with E-state index in [2.05, 4.69) is 5.43 Å². The van der Waals surface area contributed by atoms with Crippen molar-refractivity contribution >= 4 is 15.4 Å². The molecule has 9 heteroatoms. The average Bonchev–Trinajstić information content (AvgIpc) is 3.04. The van der Waals surface area contributed by atoms with E-state index >= 15 is 0 Å². The van der Waals surface area contributed by atoms with Crippen molar-refractivity contribution in [2.45, 2.75) is 17.5 Å². The second-order valence-corrected chi connectivity index (χ2v) is 8.50. The molecule has 0 fully saturated rings. The van der Waals surface area contributed by atoms with Crippen LogP contribution < -0.4 is 11.2 Å². The number of nitrogens with one attached hydrogen (secondary N) is 1. The van der Waals surface area contributed by atoms with Gasteiger partial charge in [-0.05, 0) is 11.6 Å². The summed E-state index contributed by atoms with van der Waals surface area (Å²) in [6, 6.07) is 9.04. The third-order valence-corrected chi connectivity index (χ3v) is 6.35. The predicted molar refractivity (Wildman–Crippen MR) is 92.9 cm³/mol. The van der Waals surface area contributed by atoms with Gasteiger partial charge in [0.15, 0.2) is 9.84 Å². The van der Waals surface area contributed by atoms with Crippen LogP contribution in [0.3, 0.4) is 0 Å². The van der Waals surface area contributed by atoms with Crippen molar-refractivity contribution in [1.29, 1.82) is 0 Å². The lowest BCUT2D eigenvalue weighted by atomic mass is 9.87. The molecule has 1 aliphatic carbocycles. The fourth-order valence-corrected chi connectivity index (χ4v) is 4.57. The van der Waals surface area contributed by atoms with E-state index in [-0.39, 0.29) is 29.4 Å². The Morgan fingerprint density at radius 3 is 2.42 bits per heavy atom. The first-order chi connectivity index (χ1) is 12.1. The minimum Gasteiger partial charge on any atom is -0.401 e. The van der Waals surface area contributed by atoms with Gasteiger partial charge in [0, 0.05) is 30.5 Å². The van der Waals surface area contributed by atoms with E-state index < -0.39 is 20.9 Å².